The highest BCUT2D eigenvalue weighted by molar-refractivity contribution is 5.98. The van der Waals surface area contributed by atoms with E-state index in [1.165, 1.54) is 50.6 Å². The van der Waals surface area contributed by atoms with E-state index in [4.69, 9.17) is 0 Å². The van der Waals surface area contributed by atoms with Crippen molar-refractivity contribution in [1.29, 1.82) is 0 Å². The van der Waals surface area contributed by atoms with Crippen LogP contribution in [0.15, 0.2) is 42.1 Å². The summed E-state index contributed by atoms with van der Waals surface area (Å²) in [5, 5.41) is 1.20. The van der Waals surface area contributed by atoms with Crippen LogP contribution in [-0.4, -0.2) is 52.0 Å². The zero-order chi connectivity index (χ0) is 19.5. The van der Waals surface area contributed by atoms with E-state index in [0.717, 1.165) is 36.0 Å². The van der Waals surface area contributed by atoms with Crippen LogP contribution >= 0.6 is 0 Å². The molecule has 4 heteroatoms. The van der Waals surface area contributed by atoms with Gasteiger partial charge in [-0.3, -0.25) is 9.69 Å². The molecular formula is C25H31N3O. The molecule has 152 valence electrons. The molecule has 1 amide bonds. The monoisotopic (exact) mass is 389 g/mol. The van der Waals surface area contributed by atoms with Crippen molar-refractivity contribution in [3.05, 3.63) is 47.7 Å². The second-order valence-electron chi connectivity index (χ2n) is 9.71. The van der Waals surface area contributed by atoms with E-state index in [2.05, 4.69) is 51.9 Å². The van der Waals surface area contributed by atoms with Gasteiger partial charge in [0.25, 0.3) is 5.91 Å². The van der Waals surface area contributed by atoms with Crippen molar-refractivity contribution in [3.63, 3.8) is 0 Å². The van der Waals surface area contributed by atoms with E-state index in [0.29, 0.717) is 12.0 Å². The van der Waals surface area contributed by atoms with Gasteiger partial charge in [0.1, 0.15) is 0 Å². The Balaban J connectivity index is 1.34. The van der Waals surface area contributed by atoms with Gasteiger partial charge in [-0.15, -0.1) is 0 Å². The number of benzene rings is 1. The molecule has 6 rings (SSSR count). The second kappa shape index (κ2) is 6.73. The summed E-state index contributed by atoms with van der Waals surface area (Å²) in [6.07, 6.45) is 12.3. The number of aryl methyl sites for hydroxylation is 1. The molecule has 29 heavy (non-hydrogen) atoms. The SMILES string of the molecule is Cn1ccc2ccc(C(=O)N3CCCC4=C[C@H]5C[C@H](CN6CCCC[C@H]56)[C@H]43)cc21. The third kappa shape index (κ3) is 2.79. The first kappa shape index (κ1) is 17.8. The molecule has 0 unspecified atom stereocenters. The summed E-state index contributed by atoms with van der Waals surface area (Å²) < 4.78 is 2.11. The fourth-order valence-corrected chi connectivity index (χ4v) is 6.76. The topological polar surface area (TPSA) is 28.5 Å². The predicted octanol–water partition coefficient (Wildman–Crippen LogP) is 4.21. The van der Waals surface area contributed by atoms with Crippen LogP contribution in [0.1, 0.15) is 48.9 Å². The highest BCUT2D eigenvalue weighted by Crippen LogP contribution is 2.45. The Labute approximate surface area is 173 Å². The number of likely N-dealkylation sites (tertiary alicyclic amines) is 1. The molecule has 4 nitrogen and oxygen atoms in total. The van der Waals surface area contributed by atoms with E-state index in [-0.39, 0.29) is 5.91 Å². The molecule has 0 radical (unpaired) electrons. The van der Waals surface area contributed by atoms with E-state index in [1.807, 2.05) is 6.07 Å². The molecule has 1 aliphatic carbocycles. The summed E-state index contributed by atoms with van der Waals surface area (Å²) in [5.41, 5.74) is 3.55. The minimum Gasteiger partial charge on any atom is -0.351 e. The first-order chi connectivity index (χ1) is 14.2. The van der Waals surface area contributed by atoms with Crippen molar-refractivity contribution >= 4 is 16.8 Å². The number of hydrogen-bond donors (Lipinski definition) is 0. The molecule has 4 atom stereocenters. The molecule has 3 fully saturated rings. The number of fused-ring (bicyclic) bond motifs is 7. The van der Waals surface area contributed by atoms with Gasteiger partial charge < -0.3 is 9.47 Å². The first-order valence-electron chi connectivity index (χ1n) is 11.5. The lowest BCUT2D eigenvalue weighted by Gasteiger charge is -2.54. The molecule has 0 saturated carbocycles. The summed E-state index contributed by atoms with van der Waals surface area (Å²) in [6.45, 7) is 3.34. The van der Waals surface area contributed by atoms with Crippen molar-refractivity contribution < 1.29 is 4.79 Å². The Kier molecular flexibility index (Phi) is 4.12. The minimum atomic E-state index is 0.225. The van der Waals surface area contributed by atoms with Crippen molar-refractivity contribution in [2.24, 2.45) is 18.9 Å². The number of amides is 1. The number of aromatic nitrogens is 1. The van der Waals surface area contributed by atoms with Crippen molar-refractivity contribution in [2.75, 3.05) is 19.6 Å². The number of rotatable bonds is 1. The van der Waals surface area contributed by atoms with Crippen LogP contribution in [0.4, 0.5) is 0 Å². The standard InChI is InChI=1S/C25H31N3O/c1-26-12-9-17-7-8-19(15-23(17)26)25(29)28-11-4-5-18-13-20-14-21(24(18)28)16-27-10-3-2-6-22(20)27/h7-9,12-13,15,20-22,24H,2-6,10-11,14,16H2,1H3/t20-,21+,22+,24-/m0/s1. The molecule has 1 aromatic heterocycles. The minimum absolute atomic E-state index is 0.225. The van der Waals surface area contributed by atoms with Gasteiger partial charge >= 0.3 is 0 Å². The summed E-state index contributed by atoms with van der Waals surface area (Å²) >= 11 is 0. The zero-order valence-corrected chi connectivity index (χ0v) is 17.4. The highest BCUT2D eigenvalue weighted by atomic mass is 16.2. The zero-order valence-electron chi connectivity index (χ0n) is 17.4. The Morgan fingerprint density at radius 2 is 2.03 bits per heavy atom. The van der Waals surface area contributed by atoms with Crippen molar-refractivity contribution in [1.82, 2.24) is 14.4 Å². The Hall–Kier alpha value is -2.07. The molecule has 2 aromatic rings. The van der Waals surface area contributed by atoms with Gasteiger partial charge in [0, 0.05) is 43.5 Å². The van der Waals surface area contributed by atoms with Gasteiger partial charge in [0.2, 0.25) is 0 Å². The lowest BCUT2D eigenvalue weighted by atomic mass is 9.68. The van der Waals surface area contributed by atoms with Gasteiger partial charge in [-0.2, -0.15) is 0 Å². The van der Waals surface area contributed by atoms with Crippen LogP contribution in [0.2, 0.25) is 0 Å². The number of hydrogen-bond acceptors (Lipinski definition) is 2. The normalized spacial score (nSPS) is 31.9. The van der Waals surface area contributed by atoms with Gasteiger partial charge in [0.05, 0.1) is 6.04 Å². The predicted molar refractivity (Wildman–Crippen MR) is 116 cm³/mol. The number of carbonyl (C=O) groups excluding carboxylic acids is 1. The van der Waals surface area contributed by atoms with E-state index >= 15 is 0 Å². The first-order valence-corrected chi connectivity index (χ1v) is 11.5. The molecule has 4 heterocycles. The van der Waals surface area contributed by atoms with Gasteiger partial charge in [-0.1, -0.05) is 24.1 Å². The average molecular weight is 390 g/mol. The quantitative estimate of drug-likeness (QED) is 0.684. The summed E-state index contributed by atoms with van der Waals surface area (Å²) in [5.74, 6) is 1.55. The van der Waals surface area contributed by atoms with Crippen molar-refractivity contribution in [2.45, 2.75) is 50.6 Å². The molecular weight excluding hydrogens is 358 g/mol. The van der Waals surface area contributed by atoms with Crippen LogP contribution in [0.25, 0.3) is 10.9 Å². The number of nitrogens with zero attached hydrogens (tertiary/aromatic N) is 3. The van der Waals surface area contributed by atoms with Gasteiger partial charge in [-0.25, -0.2) is 0 Å². The maximum atomic E-state index is 13.7. The Morgan fingerprint density at radius 3 is 2.97 bits per heavy atom. The maximum absolute atomic E-state index is 13.7. The van der Waals surface area contributed by atoms with Gasteiger partial charge in [-0.05, 0) is 74.1 Å². The Morgan fingerprint density at radius 1 is 1.10 bits per heavy atom. The lowest BCUT2D eigenvalue weighted by Crippen LogP contribution is -2.60. The fraction of sp³-hybridized carbons (Fsp3) is 0.560. The Bertz CT molecular complexity index is 989. The molecule has 0 N–H and O–H groups in total. The lowest BCUT2D eigenvalue weighted by molar-refractivity contribution is 0.00148. The summed E-state index contributed by atoms with van der Waals surface area (Å²) in [7, 11) is 2.05. The van der Waals surface area contributed by atoms with E-state index in [1.54, 1.807) is 5.57 Å². The summed E-state index contributed by atoms with van der Waals surface area (Å²) in [6, 6.07) is 9.40. The smallest absolute Gasteiger partial charge is 0.254 e. The largest absolute Gasteiger partial charge is 0.351 e. The van der Waals surface area contributed by atoms with E-state index in [9.17, 15) is 4.79 Å². The molecule has 3 aliphatic heterocycles. The van der Waals surface area contributed by atoms with Crippen molar-refractivity contribution in [3.8, 4) is 0 Å². The molecule has 1 aromatic carbocycles. The highest BCUT2D eigenvalue weighted by Gasteiger charge is 2.46. The number of carbonyl (C=O) groups is 1. The molecule has 3 saturated heterocycles. The van der Waals surface area contributed by atoms with Crippen LogP contribution in [-0.2, 0) is 7.05 Å². The average Bonchev–Trinajstić information content (AvgIpc) is 3.13. The maximum Gasteiger partial charge on any atom is 0.254 e. The molecule has 4 aliphatic rings. The van der Waals surface area contributed by atoms with Crippen LogP contribution in [0.3, 0.4) is 0 Å². The second-order valence-corrected chi connectivity index (χ2v) is 9.71. The molecule has 2 bridgehead atoms. The summed E-state index contributed by atoms with van der Waals surface area (Å²) in [4.78, 5) is 18.6. The van der Waals surface area contributed by atoms with Crippen LogP contribution < -0.4 is 0 Å². The fourth-order valence-electron chi connectivity index (χ4n) is 6.76. The van der Waals surface area contributed by atoms with Crippen LogP contribution in [0.5, 0.6) is 0 Å². The van der Waals surface area contributed by atoms with Gasteiger partial charge in [0.15, 0.2) is 0 Å². The molecule has 0 spiro atoms. The third-order valence-corrected chi connectivity index (χ3v) is 8.05. The van der Waals surface area contributed by atoms with E-state index < -0.39 is 0 Å². The van der Waals surface area contributed by atoms with Crippen LogP contribution in [0, 0.1) is 11.8 Å². The number of piperidine rings is 3. The third-order valence-electron chi connectivity index (χ3n) is 8.05.